The number of aliphatic hydroxyl groups excluding tert-OH is 2. The summed E-state index contributed by atoms with van der Waals surface area (Å²) in [7, 11) is 0. The van der Waals surface area contributed by atoms with Crippen LogP contribution in [0.5, 0.6) is 0 Å². The number of hydrogen-bond donors (Lipinski definition) is 5. The fourth-order valence-corrected chi connectivity index (χ4v) is 18.1. The summed E-state index contributed by atoms with van der Waals surface area (Å²) >= 11 is 40.6. The minimum absolute atomic E-state index is 0.112. The van der Waals surface area contributed by atoms with Crippen molar-refractivity contribution in [2.24, 2.45) is 0 Å². The van der Waals surface area contributed by atoms with Gasteiger partial charge in [0.05, 0.1) is 46.2 Å². The highest BCUT2D eigenvalue weighted by Gasteiger charge is 2.33. The van der Waals surface area contributed by atoms with Crippen molar-refractivity contribution < 1.29 is 105 Å². The quantitative estimate of drug-likeness (QED) is 0.0215. The van der Waals surface area contributed by atoms with E-state index in [2.05, 4.69) is 43.6 Å². The van der Waals surface area contributed by atoms with Crippen molar-refractivity contribution in [1.82, 2.24) is 16.0 Å². The molecule has 6 atom stereocenters. The van der Waals surface area contributed by atoms with E-state index in [0.29, 0.717) is 51.7 Å². The topological polar surface area (TPSA) is 270 Å². The van der Waals surface area contributed by atoms with Crippen LogP contribution >= 0.6 is 47.0 Å². The number of unbranched alkanes of at least 4 members (excludes halogenated alkanes) is 20. The zero-order valence-electron chi connectivity index (χ0n) is 57.9. The molecule has 0 rings (SSSR count). The molecule has 0 aromatic carbocycles. The average Bonchev–Trinajstić information content (AvgIpc) is 0.990. The molecule has 95 heavy (non-hydrogen) atoms. The van der Waals surface area contributed by atoms with Crippen molar-refractivity contribution in [2.75, 3.05) is 140 Å². The van der Waals surface area contributed by atoms with E-state index in [9.17, 15) is 10.2 Å². The van der Waals surface area contributed by atoms with Crippen LogP contribution in [0.1, 0.15) is 222 Å². The third-order valence-corrected chi connectivity index (χ3v) is 29.0. The molecule has 0 aromatic heterocycles. The molecule has 0 aliphatic rings. The Morgan fingerprint density at radius 2 is 0.368 bits per heavy atom. The Hall–Kier alpha value is 3.51. The largest absolute Gasteiger partial charge is 0.370 e. The van der Waals surface area contributed by atoms with Crippen molar-refractivity contribution >= 4 is 130 Å². The highest BCUT2D eigenvalue weighted by atomic mass is 32.5. The zero-order chi connectivity index (χ0) is 70.4. The van der Waals surface area contributed by atoms with Crippen LogP contribution in [-0.4, -0.2) is 150 Å². The minimum Gasteiger partial charge on any atom is -0.370 e. The molecule has 0 aliphatic heterocycles. The minimum atomic E-state index is -3.79. The van der Waals surface area contributed by atoms with E-state index in [-0.39, 0.29) is 46.2 Å². The standard InChI is InChI=1S/C55H122N3O23P7S7/c1-8-15-19-23-27-31-41-61-82(89,68-48-59)70-50-72-84(91,63-43-33-29-25-21-17-10-3)74-52-76-86(93,65-45-35-38-56-12-5)78-54-80-88(95,67-47-37-40-58-14-7)81-55-79-87(94,66-46-36-39-57-13-6)77-53-75-85(92,64-44-34-30-26-22-18-11-4)73-51-71-83(90,69-49-60)62-42-32-28-24-20-16-9-2/h56-60H,8-55H2,1-7H3. The van der Waals surface area contributed by atoms with Crippen molar-refractivity contribution in [3.8, 4) is 0 Å². The van der Waals surface area contributed by atoms with Crippen LogP contribution in [0.4, 0.5) is 0 Å². The predicted molar refractivity (Wildman–Crippen MR) is 403 cm³/mol. The third kappa shape index (κ3) is 58.3. The normalized spacial score (nSPS) is 16.6. The van der Waals surface area contributed by atoms with Gasteiger partial charge in [0.15, 0.2) is 54.3 Å². The van der Waals surface area contributed by atoms with E-state index in [0.717, 1.165) is 148 Å². The first-order chi connectivity index (χ1) is 45.8. The van der Waals surface area contributed by atoms with E-state index < -0.39 is 101 Å². The van der Waals surface area contributed by atoms with E-state index in [1.807, 2.05) is 20.8 Å². The summed E-state index contributed by atoms with van der Waals surface area (Å²) in [4.78, 5) is 0. The molecule has 5 N–H and O–H groups in total. The van der Waals surface area contributed by atoms with Crippen molar-refractivity contribution in [3.05, 3.63) is 0 Å². The molecule has 6 unspecified atom stereocenters. The van der Waals surface area contributed by atoms with Crippen LogP contribution in [0.3, 0.4) is 0 Å². The molecular weight excluding hydrogens is 1510 g/mol. The van der Waals surface area contributed by atoms with Gasteiger partial charge in [0.2, 0.25) is 0 Å². The lowest BCUT2D eigenvalue weighted by atomic mass is 10.1. The highest BCUT2D eigenvalue weighted by molar-refractivity contribution is 8.09. The van der Waals surface area contributed by atoms with Crippen LogP contribution < -0.4 is 16.0 Å². The maximum Gasteiger partial charge on any atom is 0.331 e. The van der Waals surface area contributed by atoms with Gasteiger partial charge in [-0.1, -0.05) is 177 Å². The number of hydrogen-bond acceptors (Lipinski definition) is 33. The Bertz CT molecular complexity index is 2010. The molecule has 0 fully saturated rings. The fraction of sp³-hybridized carbons (Fsp3) is 1.00. The molecule has 0 heterocycles. The lowest BCUT2D eigenvalue weighted by Crippen LogP contribution is -2.17. The van der Waals surface area contributed by atoms with Gasteiger partial charge in [-0.2, -0.15) is 0 Å². The summed E-state index contributed by atoms with van der Waals surface area (Å²) in [5.41, 5.74) is 0. The van der Waals surface area contributed by atoms with Crippen LogP contribution in [0, 0.1) is 0 Å². The molecule has 0 saturated carbocycles. The maximum atomic E-state index is 9.68. The molecule has 0 spiro atoms. The summed E-state index contributed by atoms with van der Waals surface area (Å²) in [5, 5.41) is 29.1. The SMILES string of the molecule is CCCCCCCCOP(=S)(OCO)OCOP(=S)(OCCCCCCCC)OCOP(=S)(OCCCNCC)OCOP(=S)(OCCCNCC)OCOP(=S)(OCCCNCC)OCOP(=S)(OCCCCCCCC)OCOP(=S)(OCO)OCCCCCCCC. The molecule has 572 valence electrons. The molecule has 0 aliphatic carbocycles. The van der Waals surface area contributed by atoms with Gasteiger partial charge in [0, 0.05) is 0 Å². The lowest BCUT2D eigenvalue weighted by Gasteiger charge is -2.28. The molecule has 0 radical (unpaired) electrons. The van der Waals surface area contributed by atoms with E-state index >= 15 is 0 Å². The van der Waals surface area contributed by atoms with E-state index in [4.69, 9.17) is 178 Å². The predicted octanol–water partition coefficient (Wildman–Crippen LogP) is 17.0. The molecular formula is C55H122N3O23P7S7. The van der Waals surface area contributed by atoms with Gasteiger partial charge in [-0.3, -0.25) is 63.3 Å². The Balaban J connectivity index is 6.60. The monoisotopic (exact) mass is 1630 g/mol. The average molecular weight is 1630 g/mol. The zero-order valence-corrected chi connectivity index (χ0v) is 69.9. The van der Waals surface area contributed by atoms with Gasteiger partial charge in [0.1, 0.15) is 0 Å². The van der Waals surface area contributed by atoms with Crippen LogP contribution in [-0.2, 0) is 178 Å². The van der Waals surface area contributed by atoms with Crippen molar-refractivity contribution in [1.29, 1.82) is 0 Å². The summed E-state index contributed by atoms with van der Waals surface area (Å²) in [6.07, 6.45) is 25.9. The van der Waals surface area contributed by atoms with Gasteiger partial charge >= 0.3 is 47.0 Å². The van der Waals surface area contributed by atoms with Gasteiger partial charge in [-0.25, -0.2) is 0 Å². The number of nitrogens with one attached hydrogen (secondary N) is 3. The second-order valence-electron chi connectivity index (χ2n) is 20.9. The molecule has 40 heteroatoms. The summed E-state index contributed by atoms with van der Waals surface area (Å²) < 4.78 is 125. The van der Waals surface area contributed by atoms with Crippen LogP contribution in [0.25, 0.3) is 0 Å². The van der Waals surface area contributed by atoms with Gasteiger partial charge in [-0.05, 0) is 167 Å². The molecule has 26 nitrogen and oxygen atoms in total. The third-order valence-electron chi connectivity index (χ3n) is 12.9. The van der Waals surface area contributed by atoms with Crippen LogP contribution in [0.15, 0.2) is 0 Å². The first kappa shape index (κ1) is 98.5. The highest BCUT2D eigenvalue weighted by Crippen LogP contribution is 2.60. The fourth-order valence-electron chi connectivity index (χ4n) is 7.73. The van der Waals surface area contributed by atoms with Gasteiger partial charge in [0.25, 0.3) is 0 Å². The van der Waals surface area contributed by atoms with Crippen molar-refractivity contribution in [2.45, 2.75) is 222 Å². The lowest BCUT2D eigenvalue weighted by molar-refractivity contribution is -0.00315. The Kier molecular flexibility index (Phi) is 68.2. The summed E-state index contributed by atoms with van der Waals surface area (Å²) in [6.45, 7) is -10.5. The van der Waals surface area contributed by atoms with Gasteiger partial charge in [-0.15, -0.1) is 0 Å². The Labute approximate surface area is 608 Å². The Morgan fingerprint density at radius 3 is 0.537 bits per heavy atom. The first-order valence-corrected chi connectivity index (χ1v) is 51.8. The smallest absolute Gasteiger partial charge is 0.331 e. The van der Waals surface area contributed by atoms with E-state index in [1.165, 1.54) is 12.8 Å². The van der Waals surface area contributed by atoms with Crippen molar-refractivity contribution in [3.63, 3.8) is 0 Å². The first-order valence-electron chi connectivity index (χ1n) is 33.9. The van der Waals surface area contributed by atoms with Gasteiger partial charge < -0.3 is 57.8 Å². The number of rotatable bonds is 78. The second kappa shape index (κ2) is 65.8. The molecule has 0 amide bonds. The van der Waals surface area contributed by atoms with E-state index in [1.54, 1.807) is 0 Å². The molecule has 0 saturated heterocycles. The maximum absolute atomic E-state index is 9.68. The second-order valence-corrected chi connectivity index (χ2v) is 42.0. The summed E-state index contributed by atoms with van der Waals surface area (Å²) in [6, 6.07) is 0. The summed E-state index contributed by atoms with van der Waals surface area (Å²) in [5.74, 6) is 0. The Morgan fingerprint density at radius 1 is 0.211 bits per heavy atom. The van der Waals surface area contributed by atoms with Crippen LogP contribution in [0.2, 0.25) is 0 Å². The number of aliphatic hydroxyl groups is 2. The molecule has 0 bridgehead atoms. The molecule has 0 aromatic rings.